The fourth-order valence-electron chi connectivity index (χ4n) is 1.25. The fraction of sp³-hybridized carbons (Fsp3) is 0. The third-order valence-corrected chi connectivity index (χ3v) is 3.40. The lowest BCUT2D eigenvalue weighted by Gasteiger charge is -2.05. The Morgan fingerprint density at radius 3 is 2.58 bits per heavy atom. The van der Waals surface area contributed by atoms with Crippen LogP contribution in [0.5, 0.6) is 0 Å². The Morgan fingerprint density at radius 2 is 2.00 bits per heavy atom. The molecule has 2 N–H and O–H groups in total. The van der Waals surface area contributed by atoms with E-state index in [1.54, 1.807) is 0 Å². The number of carboxylic acid groups (broad SMARTS) is 1. The smallest absolute Gasteiger partial charge is 0.337 e. The number of carbonyl (C=O) groups is 2. The van der Waals surface area contributed by atoms with Gasteiger partial charge in [0.15, 0.2) is 0 Å². The topological polar surface area (TPSA) is 92.2 Å². The van der Waals surface area contributed by atoms with Crippen molar-refractivity contribution in [3.05, 3.63) is 38.3 Å². The van der Waals surface area contributed by atoms with Crippen molar-refractivity contribution in [2.75, 3.05) is 5.32 Å². The molecule has 0 bridgehead atoms. The number of nitrogens with one attached hydrogen (secondary N) is 1. The van der Waals surface area contributed by atoms with Crippen LogP contribution in [0, 0.1) is 0 Å². The minimum atomic E-state index is -1.18. The number of hydrogen-bond acceptors (Lipinski definition) is 5. The highest BCUT2D eigenvalue weighted by Crippen LogP contribution is 2.22. The first-order valence-electron chi connectivity index (χ1n) is 4.80. The van der Waals surface area contributed by atoms with Gasteiger partial charge in [-0.1, -0.05) is 22.9 Å². The highest BCUT2D eigenvalue weighted by molar-refractivity contribution is 7.17. The van der Waals surface area contributed by atoms with E-state index in [2.05, 4.69) is 15.5 Å². The lowest BCUT2D eigenvalue weighted by Crippen LogP contribution is -2.12. The zero-order chi connectivity index (χ0) is 14.0. The number of benzene rings is 1. The van der Waals surface area contributed by atoms with Crippen molar-refractivity contribution in [2.24, 2.45) is 0 Å². The van der Waals surface area contributed by atoms with Crippen molar-refractivity contribution in [3.8, 4) is 0 Å². The molecule has 0 aliphatic rings. The third-order valence-electron chi connectivity index (χ3n) is 2.05. The quantitative estimate of drug-likeness (QED) is 0.908. The van der Waals surface area contributed by atoms with Gasteiger partial charge in [0.1, 0.15) is 0 Å². The molecule has 1 heterocycles. The van der Waals surface area contributed by atoms with Crippen LogP contribution in [0.2, 0.25) is 9.49 Å². The van der Waals surface area contributed by atoms with E-state index in [1.807, 2.05) is 0 Å². The first kappa shape index (κ1) is 13.7. The van der Waals surface area contributed by atoms with Crippen LogP contribution >= 0.6 is 34.5 Å². The number of carboxylic acids is 1. The molecule has 0 aliphatic heterocycles. The van der Waals surface area contributed by atoms with E-state index in [4.69, 9.17) is 28.3 Å². The lowest BCUT2D eigenvalue weighted by molar-refractivity contribution is 0.0696. The normalized spacial score (nSPS) is 10.2. The third kappa shape index (κ3) is 3.19. The summed E-state index contributed by atoms with van der Waals surface area (Å²) in [6.45, 7) is 0. The number of rotatable bonds is 3. The number of nitrogens with zero attached hydrogens (tertiary/aromatic N) is 2. The van der Waals surface area contributed by atoms with E-state index >= 15 is 0 Å². The van der Waals surface area contributed by atoms with Crippen molar-refractivity contribution >= 4 is 52.1 Å². The van der Waals surface area contributed by atoms with Gasteiger partial charge in [0.25, 0.3) is 5.91 Å². The van der Waals surface area contributed by atoms with Gasteiger partial charge in [0.05, 0.1) is 10.6 Å². The number of aromatic carboxylic acids is 1. The summed E-state index contributed by atoms with van der Waals surface area (Å²) in [4.78, 5) is 22.6. The maximum atomic E-state index is 11.8. The summed E-state index contributed by atoms with van der Waals surface area (Å²) < 4.78 is 0.146. The van der Waals surface area contributed by atoms with E-state index < -0.39 is 11.9 Å². The maximum Gasteiger partial charge on any atom is 0.337 e. The van der Waals surface area contributed by atoms with Crippen LogP contribution in [-0.4, -0.2) is 27.2 Å². The van der Waals surface area contributed by atoms with Crippen LogP contribution in [0.1, 0.15) is 20.2 Å². The van der Waals surface area contributed by atoms with Crippen molar-refractivity contribution in [3.63, 3.8) is 0 Å². The standard InChI is InChI=1S/C10H5Cl2N3O3S/c11-6-2-1-4(3-5(6)9(17)18)13-7(16)8-14-15-10(12)19-8/h1-3H,(H,13,16)(H,17,18). The van der Waals surface area contributed by atoms with Crippen LogP contribution in [0.3, 0.4) is 0 Å². The van der Waals surface area contributed by atoms with Crippen molar-refractivity contribution in [1.29, 1.82) is 0 Å². The molecule has 0 radical (unpaired) electrons. The average Bonchev–Trinajstić information content (AvgIpc) is 2.78. The summed E-state index contributed by atoms with van der Waals surface area (Å²) >= 11 is 12.2. The first-order chi connectivity index (χ1) is 8.97. The lowest BCUT2D eigenvalue weighted by atomic mass is 10.2. The second kappa shape index (κ2) is 5.52. The van der Waals surface area contributed by atoms with Gasteiger partial charge in [-0.25, -0.2) is 4.79 Å². The molecular weight excluding hydrogens is 313 g/mol. The molecule has 0 atom stereocenters. The van der Waals surface area contributed by atoms with Crippen LogP contribution in [0.15, 0.2) is 18.2 Å². The molecule has 1 aromatic carbocycles. The molecule has 9 heteroatoms. The molecule has 0 fully saturated rings. The molecule has 1 amide bonds. The molecule has 0 aliphatic carbocycles. The molecule has 0 saturated carbocycles. The molecule has 0 unspecified atom stereocenters. The molecule has 98 valence electrons. The molecule has 19 heavy (non-hydrogen) atoms. The van der Waals surface area contributed by atoms with Gasteiger partial charge in [0, 0.05) is 5.69 Å². The van der Waals surface area contributed by atoms with E-state index in [0.717, 1.165) is 11.3 Å². The maximum absolute atomic E-state index is 11.8. The molecule has 0 spiro atoms. The van der Waals surface area contributed by atoms with E-state index in [9.17, 15) is 9.59 Å². The van der Waals surface area contributed by atoms with Crippen molar-refractivity contribution in [1.82, 2.24) is 10.2 Å². The summed E-state index contributed by atoms with van der Waals surface area (Å²) in [5, 5.41) is 18.6. The Kier molecular flexibility index (Phi) is 3.98. The van der Waals surface area contributed by atoms with Crippen LogP contribution < -0.4 is 5.32 Å². The average molecular weight is 318 g/mol. The van der Waals surface area contributed by atoms with Gasteiger partial charge in [0.2, 0.25) is 9.47 Å². The van der Waals surface area contributed by atoms with Gasteiger partial charge >= 0.3 is 5.97 Å². The SMILES string of the molecule is O=C(Nc1ccc(Cl)c(C(=O)O)c1)c1nnc(Cl)s1. The van der Waals surface area contributed by atoms with Gasteiger partial charge < -0.3 is 10.4 Å². The Hall–Kier alpha value is -1.70. The summed E-state index contributed by atoms with van der Waals surface area (Å²) in [5.41, 5.74) is 0.188. The van der Waals surface area contributed by atoms with Gasteiger partial charge in [-0.2, -0.15) is 0 Å². The Morgan fingerprint density at radius 1 is 1.26 bits per heavy atom. The van der Waals surface area contributed by atoms with Crippen LogP contribution in [0.25, 0.3) is 0 Å². The largest absolute Gasteiger partial charge is 0.478 e. The molecule has 6 nitrogen and oxygen atoms in total. The second-order valence-electron chi connectivity index (χ2n) is 3.31. The van der Waals surface area contributed by atoms with Gasteiger partial charge in [-0.15, -0.1) is 10.2 Å². The summed E-state index contributed by atoms with van der Waals surface area (Å²) in [6.07, 6.45) is 0. The molecular formula is C10H5Cl2N3O3S. The van der Waals surface area contributed by atoms with Crippen LogP contribution in [0.4, 0.5) is 5.69 Å². The minimum absolute atomic E-state index is 0.0804. The van der Waals surface area contributed by atoms with E-state index in [1.165, 1.54) is 18.2 Å². The fourth-order valence-corrected chi connectivity index (χ4v) is 2.17. The summed E-state index contributed by atoms with van der Waals surface area (Å²) in [6, 6.07) is 4.12. The van der Waals surface area contributed by atoms with Crippen molar-refractivity contribution < 1.29 is 14.7 Å². The second-order valence-corrected chi connectivity index (χ2v) is 5.28. The predicted octanol–water partition coefficient (Wildman–Crippen LogP) is 2.80. The zero-order valence-electron chi connectivity index (χ0n) is 9.05. The Balaban J connectivity index is 2.22. The van der Waals surface area contributed by atoms with E-state index in [0.29, 0.717) is 0 Å². The molecule has 0 saturated heterocycles. The number of halogens is 2. The van der Waals surface area contributed by atoms with Gasteiger partial charge in [-0.3, -0.25) is 4.79 Å². The zero-order valence-corrected chi connectivity index (χ0v) is 11.4. The number of amides is 1. The number of anilines is 1. The number of carbonyl (C=O) groups excluding carboxylic acids is 1. The summed E-state index contributed by atoms with van der Waals surface area (Å²) in [5.74, 6) is -1.71. The predicted molar refractivity (Wildman–Crippen MR) is 71.3 cm³/mol. The molecule has 1 aromatic heterocycles. The Labute approximate surface area is 121 Å². The summed E-state index contributed by atoms with van der Waals surface area (Å²) in [7, 11) is 0. The van der Waals surface area contributed by atoms with E-state index in [-0.39, 0.29) is 25.7 Å². The number of hydrogen-bond donors (Lipinski definition) is 2. The number of aromatic nitrogens is 2. The highest BCUT2D eigenvalue weighted by atomic mass is 35.5. The monoisotopic (exact) mass is 317 g/mol. The minimum Gasteiger partial charge on any atom is -0.478 e. The van der Waals surface area contributed by atoms with Crippen LogP contribution in [-0.2, 0) is 0 Å². The van der Waals surface area contributed by atoms with Gasteiger partial charge in [-0.05, 0) is 29.8 Å². The van der Waals surface area contributed by atoms with Crippen molar-refractivity contribution in [2.45, 2.75) is 0 Å². The Bertz CT molecular complexity index is 659. The highest BCUT2D eigenvalue weighted by Gasteiger charge is 2.14. The first-order valence-corrected chi connectivity index (χ1v) is 6.38. The molecule has 2 aromatic rings. The molecule has 2 rings (SSSR count).